The summed E-state index contributed by atoms with van der Waals surface area (Å²) in [6, 6.07) is 11.8. The molecule has 132 valence electrons. The second-order valence-corrected chi connectivity index (χ2v) is 7.28. The van der Waals surface area contributed by atoms with E-state index in [2.05, 4.69) is 22.5 Å². The maximum atomic E-state index is 12.1. The molecule has 0 unspecified atom stereocenters. The number of aryl methyl sites for hydroxylation is 2. The van der Waals surface area contributed by atoms with Gasteiger partial charge in [0.25, 0.3) is 0 Å². The fourth-order valence-electron chi connectivity index (χ4n) is 2.93. The summed E-state index contributed by atoms with van der Waals surface area (Å²) in [4.78, 5) is 22.1. The molecule has 2 heterocycles. The smallest absolute Gasteiger partial charge is 0.224 e. The molecule has 5 heteroatoms. The molecule has 1 N–H and O–H groups in total. The van der Waals surface area contributed by atoms with Gasteiger partial charge in [0.2, 0.25) is 5.91 Å². The minimum atomic E-state index is 0. The number of carbonyl (C=O) groups excluding carboxylic acids is 1. The predicted molar refractivity (Wildman–Crippen MR) is 108 cm³/mol. The van der Waals surface area contributed by atoms with Gasteiger partial charge in [0.05, 0.1) is 10.6 Å². The predicted octanol–water partition coefficient (Wildman–Crippen LogP) is 4.98. The summed E-state index contributed by atoms with van der Waals surface area (Å²) in [6.07, 6.45) is 11.1. The van der Waals surface area contributed by atoms with Crippen LogP contribution in [0.3, 0.4) is 0 Å². The molecule has 0 saturated carbocycles. The van der Waals surface area contributed by atoms with E-state index in [1.165, 1.54) is 10.6 Å². The SMILES string of the molecule is O=C(CCc1ccncc1)Nc1ccc(-c2nc3c(s2)C=CCC3)cc1.[HH]. The molecular formula is C21H21N3OS. The number of fused-ring (bicyclic) bond motifs is 1. The summed E-state index contributed by atoms with van der Waals surface area (Å²) in [5.74, 6) is 0.0180. The van der Waals surface area contributed by atoms with Gasteiger partial charge < -0.3 is 5.32 Å². The normalized spacial score (nSPS) is 12.6. The van der Waals surface area contributed by atoms with Gasteiger partial charge in [-0.2, -0.15) is 0 Å². The lowest BCUT2D eigenvalue weighted by molar-refractivity contribution is -0.116. The van der Waals surface area contributed by atoms with E-state index in [1.807, 2.05) is 36.4 Å². The highest BCUT2D eigenvalue weighted by molar-refractivity contribution is 7.16. The van der Waals surface area contributed by atoms with E-state index in [0.29, 0.717) is 12.8 Å². The molecular weight excluding hydrogens is 342 g/mol. The highest BCUT2D eigenvalue weighted by atomic mass is 32.1. The summed E-state index contributed by atoms with van der Waals surface area (Å²) in [5.41, 5.74) is 4.22. The molecule has 0 aliphatic heterocycles. The van der Waals surface area contributed by atoms with Crippen LogP contribution in [0, 0.1) is 0 Å². The summed E-state index contributed by atoms with van der Waals surface area (Å²) < 4.78 is 0. The number of hydrogen-bond donors (Lipinski definition) is 1. The highest BCUT2D eigenvalue weighted by Crippen LogP contribution is 2.32. The lowest BCUT2D eigenvalue weighted by Gasteiger charge is -2.06. The number of rotatable bonds is 5. The van der Waals surface area contributed by atoms with Crippen molar-refractivity contribution < 1.29 is 6.22 Å². The second kappa shape index (κ2) is 7.62. The number of allylic oxidation sites excluding steroid dienone is 1. The number of carbonyl (C=O) groups is 1. The van der Waals surface area contributed by atoms with E-state index in [1.54, 1.807) is 23.7 Å². The van der Waals surface area contributed by atoms with Crippen LogP contribution in [-0.4, -0.2) is 15.9 Å². The van der Waals surface area contributed by atoms with Gasteiger partial charge in [-0.15, -0.1) is 11.3 Å². The van der Waals surface area contributed by atoms with Crippen molar-refractivity contribution in [2.45, 2.75) is 25.7 Å². The number of aromatic nitrogens is 2. The summed E-state index contributed by atoms with van der Waals surface area (Å²) in [5, 5.41) is 4.00. The van der Waals surface area contributed by atoms with Crippen LogP contribution >= 0.6 is 11.3 Å². The van der Waals surface area contributed by atoms with Crippen LogP contribution in [0.2, 0.25) is 0 Å². The zero-order valence-electron chi connectivity index (χ0n) is 14.3. The molecule has 1 aromatic carbocycles. The van der Waals surface area contributed by atoms with Crippen molar-refractivity contribution in [2.24, 2.45) is 0 Å². The van der Waals surface area contributed by atoms with Gasteiger partial charge in [0, 0.05) is 31.5 Å². The van der Waals surface area contributed by atoms with Gasteiger partial charge in [0.1, 0.15) is 5.01 Å². The molecule has 0 saturated heterocycles. The molecule has 26 heavy (non-hydrogen) atoms. The molecule has 3 aromatic rings. The van der Waals surface area contributed by atoms with Gasteiger partial charge in [-0.25, -0.2) is 4.98 Å². The van der Waals surface area contributed by atoms with E-state index >= 15 is 0 Å². The van der Waals surface area contributed by atoms with Crippen LogP contribution in [0.25, 0.3) is 16.6 Å². The molecule has 1 amide bonds. The van der Waals surface area contributed by atoms with Crippen molar-refractivity contribution in [3.05, 3.63) is 71.0 Å². The van der Waals surface area contributed by atoms with Crippen LogP contribution in [0.15, 0.2) is 54.9 Å². The molecule has 0 bridgehead atoms. The van der Waals surface area contributed by atoms with Crippen molar-refractivity contribution in [3.63, 3.8) is 0 Å². The Hall–Kier alpha value is -2.79. The summed E-state index contributed by atoms with van der Waals surface area (Å²) in [6.45, 7) is 0. The Bertz CT molecular complexity index is 936. The number of nitrogens with zero attached hydrogens (tertiary/aromatic N) is 2. The molecule has 4 rings (SSSR count). The lowest BCUT2D eigenvalue weighted by Crippen LogP contribution is -2.12. The first-order valence-electron chi connectivity index (χ1n) is 8.73. The molecule has 2 aromatic heterocycles. The maximum Gasteiger partial charge on any atom is 0.224 e. The van der Waals surface area contributed by atoms with Crippen LogP contribution < -0.4 is 5.32 Å². The Morgan fingerprint density at radius 1 is 1.15 bits per heavy atom. The Morgan fingerprint density at radius 2 is 1.96 bits per heavy atom. The first kappa shape index (κ1) is 16.7. The van der Waals surface area contributed by atoms with Gasteiger partial charge in [-0.3, -0.25) is 9.78 Å². The van der Waals surface area contributed by atoms with Crippen molar-refractivity contribution >= 4 is 29.0 Å². The van der Waals surface area contributed by atoms with Gasteiger partial charge >= 0.3 is 0 Å². The van der Waals surface area contributed by atoms with Gasteiger partial charge in [-0.05, 0) is 67.3 Å². The quantitative estimate of drug-likeness (QED) is 0.695. The van der Waals surface area contributed by atoms with E-state index in [9.17, 15) is 4.79 Å². The zero-order valence-corrected chi connectivity index (χ0v) is 15.1. The van der Waals surface area contributed by atoms with Crippen LogP contribution in [0.4, 0.5) is 5.69 Å². The number of hydrogen-bond acceptors (Lipinski definition) is 4. The molecule has 0 radical (unpaired) electrons. The highest BCUT2D eigenvalue weighted by Gasteiger charge is 2.13. The third kappa shape index (κ3) is 3.89. The summed E-state index contributed by atoms with van der Waals surface area (Å²) >= 11 is 1.72. The first-order chi connectivity index (χ1) is 12.8. The van der Waals surface area contributed by atoms with Crippen molar-refractivity contribution in [2.75, 3.05) is 5.32 Å². The topological polar surface area (TPSA) is 54.9 Å². The Kier molecular flexibility index (Phi) is 4.88. The average molecular weight is 363 g/mol. The fourth-order valence-corrected chi connectivity index (χ4v) is 3.98. The average Bonchev–Trinajstić information content (AvgIpc) is 3.12. The number of amides is 1. The molecule has 1 aliphatic carbocycles. The van der Waals surface area contributed by atoms with E-state index in [0.717, 1.165) is 34.7 Å². The number of benzene rings is 1. The molecule has 1 aliphatic rings. The number of nitrogens with one attached hydrogen (secondary N) is 1. The van der Waals surface area contributed by atoms with Gasteiger partial charge in [-0.1, -0.05) is 6.08 Å². The number of thiazole rings is 1. The lowest BCUT2D eigenvalue weighted by atomic mass is 10.1. The molecule has 0 spiro atoms. The molecule has 0 atom stereocenters. The van der Waals surface area contributed by atoms with Crippen molar-refractivity contribution in [3.8, 4) is 10.6 Å². The van der Waals surface area contributed by atoms with E-state index < -0.39 is 0 Å². The fraction of sp³-hybridized carbons (Fsp3) is 0.190. The maximum absolute atomic E-state index is 12.1. The van der Waals surface area contributed by atoms with Crippen LogP contribution in [-0.2, 0) is 17.6 Å². The monoisotopic (exact) mass is 363 g/mol. The minimum absolute atomic E-state index is 0. The van der Waals surface area contributed by atoms with Crippen molar-refractivity contribution in [1.82, 2.24) is 9.97 Å². The van der Waals surface area contributed by atoms with E-state index in [4.69, 9.17) is 4.98 Å². The molecule has 4 nitrogen and oxygen atoms in total. The number of anilines is 1. The third-order valence-electron chi connectivity index (χ3n) is 4.35. The summed E-state index contributed by atoms with van der Waals surface area (Å²) in [7, 11) is 0. The Balaban J connectivity index is 0.00000210. The second-order valence-electron chi connectivity index (χ2n) is 6.25. The zero-order chi connectivity index (χ0) is 17.8. The standard InChI is InChI=1S/C21H19N3OS.H2/c25-20(10-5-15-11-13-22-14-12-15)23-17-8-6-16(7-9-17)21-24-18-3-1-2-4-19(18)26-21;/h2,4,6-9,11-14H,1,3,5,10H2,(H,23,25);1H. The third-order valence-corrected chi connectivity index (χ3v) is 5.46. The van der Waals surface area contributed by atoms with Crippen LogP contribution in [0.5, 0.6) is 0 Å². The Labute approximate surface area is 158 Å². The minimum Gasteiger partial charge on any atom is -0.326 e. The van der Waals surface area contributed by atoms with Crippen LogP contribution in [0.1, 0.15) is 30.4 Å². The Morgan fingerprint density at radius 3 is 2.73 bits per heavy atom. The molecule has 0 fully saturated rings. The van der Waals surface area contributed by atoms with E-state index in [-0.39, 0.29) is 7.33 Å². The van der Waals surface area contributed by atoms with Crippen molar-refractivity contribution in [1.29, 1.82) is 0 Å². The first-order valence-corrected chi connectivity index (χ1v) is 9.55. The largest absolute Gasteiger partial charge is 0.326 e. The van der Waals surface area contributed by atoms with Gasteiger partial charge in [0.15, 0.2) is 0 Å². The number of pyridine rings is 1.